The highest BCUT2D eigenvalue weighted by Gasteiger charge is 2.09. The van der Waals surface area contributed by atoms with Gasteiger partial charge in [-0.3, -0.25) is 4.79 Å². The molecule has 16 heavy (non-hydrogen) atoms. The Morgan fingerprint density at radius 2 is 2.25 bits per heavy atom. The second-order valence-electron chi connectivity index (χ2n) is 3.59. The maximum Gasteiger partial charge on any atom is 0.304 e. The zero-order valence-electron chi connectivity index (χ0n) is 8.91. The maximum absolute atomic E-state index is 13.6. The average molecular weight is 290 g/mol. The Labute approximate surface area is 102 Å². The largest absolute Gasteiger partial charge is 0.481 e. The zero-order valence-corrected chi connectivity index (χ0v) is 10.5. The van der Waals surface area contributed by atoms with Gasteiger partial charge in [-0.25, -0.2) is 4.39 Å². The van der Waals surface area contributed by atoms with Gasteiger partial charge in [-0.1, -0.05) is 12.1 Å². The molecule has 3 nitrogen and oxygen atoms in total. The second kappa shape index (κ2) is 5.96. The van der Waals surface area contributed by atoms with E-state index >= 15 is 0 Å². The van der Waals surface area contributed by atoms with Crippen LogP contribution in [0.5, 0.6) is 0 Å². The third kappa shape index (κ3) is 3.90. The van der Waals surface area contributed by atoms with E-state index in [1.54, 1.807) is 30.1 Å². The van der Waals surface area contributed by atoms with Crippen LogP contribution in [0.25, 0.3) is 0 Å². The van der Waals surface area contributed by atoms with Crippen molar-refractivity contribution in [3.05, 3.63) is 34.1 Å². The van der Waals surface area contributed by atoms with E-state index in [4.69, 9.17) is 5.11 Å². The Hall–Kier alpha value is -0.940. The molecule has 0 bridgehead atoms. The van der Waals surface area contributed by atoms with E-state index in [-0.39, 0.29) is 12.2 Å². The van der Waals surface area contributed by atoms with Gasteiger partial charge in [0.15, 0.2) is 0 Å². The van der Waals surface area contributed by atoms with E-state index in [9.17, 15) is 9.18 Å². The highest BCUT2D eigenvalue weighted by Crippen LogP contribution is 2.19. The van der Waals surface area contributed by atoms with Gasteiger partial charge in [-0.2, -0.15) is 0 Å². The van der Waals surface area contributed by atoms with Gasteiger partial charge in [0.05, 0.1) is 10.9 Å². The topological polar surface area (TPSA) is 40.5 Å². The van der Waals surface area contributed by atoms with Crippen LogP contribution in [0.3, 0.4) is 0 Å². The molecule has 5 heteroatoms. The normalized spacial score (nSPS) is 10.8. The van der Waals surface area contributed by atoms with Gasteiger partial charge in [-0.15, -0.1) is 0 Å². The number of carboxylic acids is 1. The van der Waals surface area contributed by atoms with Crippen molar-refractivity contribution in [2.45, 2.75) is 13.0 Å². The van der Waals surface area contributed by atoms with Crippen molar-refractivity contribution < 1.29 is 14.3 Å². The average Bonchev–Trinajstić information content (AvgIpc) is 2.22. The third-order valence-corrected chi connectivity index (χ3v) is 2.79. The molecule has 0 aliphatic heterocycles. The number of carbonyl (C=O) groups is 1. The van der Waals surface area contributed by atoms with Crippen molar-refractivity contribution >= 4 is 21.9 Å². The first kappa shape index (κ1) is 13.1. The van der Waals surface area contributed by atoms with Gasteiger partial charge >= 0.3 is 5.97 Å². The highest BCUT2D eigenvalue weighted by atomic mass is 79.9. The third-order valence-electron chi connectivity index (χ3n) is 2.18. The quantitative estimate of drug-likeness (QED) is 0.905. The number of halogens is 2. The lowest BCUT2D eigenvalue weighted by Gasteiger charge is -2.16. The molecular weight excluding hydrogens is 277 g/mol. The molecule has 1 N–H and O–H groups in total. The minimum atomic E-state index is -0.846. The predicted octanol–water partition coefficient (Wildman–Crippen LogP) is 2.49. The number of carboxylic acid groups (broad SMARTS) is 1. The summed E-state index contributed by atoms with van der Waals surface area (Å²) in [5.74, 6) is -1.13. The van der Waals surface area contributed by atoms with Crippen LogP contribution in [0.15, 0.2) is 22.7 Å². The monoisotopic (exact) mass is 289 g/mol. The SMILES string of the molecule is CN(CCC(=O)O)Cc1cccc(Br)c1F. The van der Waals surface area contributed by atoms with Crippen LogP contribution in [-0.2, 0) is 11.3 Å². The first-order chi connectivity index (χ1) is 7.50. The van der Waals surface area contributed by atoms with E-state index in [0.717, 1.165) is 0 Å². The molecule has 1 rings (SSSR count). The summed E-state index contributed by atoms with van der Waals surface area (Å²) in [4.78, 5) is 12.1. The molecule has 0 spiro atoms. The van der Waals surface area contributed by atoms with E-state index in [2.05, 4.69) is 15.9 Å². The van der Waals surface area contributed by atoms with Crippen LogP contribution in [0, 0.1) is 5.82 Å². The van der Waals surface area contributed by atoms with Crippen molar-refractivity contribution in [2.24, 2.45) is 0 Å². The van der Waals surface area contributed by atoms with Crippen molar-refractivity contribution in [1.82, 2.24) is 4.90 Å². The number of aliphatic carboxylic acids is 1. The van der Waals surface area contributed by atoms with Crippen molar-refractivity contribution in [2.75, 3.05) is 13.6 Å². The highest BCUT2D eigenvalue weighted by molar-refractivity contribution is 9.10. The summed E-state index contributed by atoms with van der Waals surface area (Å²) in [7, 11) is 1.77. The summed E-state index contributed by atoms with van der Waals surface area (Å²) < 4.78 is 14.0. The molecule has 0 aliphatic rings. The minimum Gasteiger partial charge on any atom is -0.481 e. The Morgan fingerprint density at radius 3 is 2.88 bits per heavy atom. The fourth-order valence-electron chi connectivity index (χ4n) is 1.33. The van der Waals surface area contributed by atoms with Crippen LogP contribution >= 0.6 is 15.9 Å². The Morgan fingerprint density at radius 1 is 1.56 bits per heavy atom. The van der Waals surface area contributed by atoms with E-state index in [1.165, 1.54) is 0 Å². The first-order valence-electron chi connectivity index (χ1n) is 4.84. The maximum atomic E-state index is 13.6. The zero-order chi connectivity index (χ0) is 12.1. The smallest absolute Gasteiger partial charge is 0.304 e. The fourth-order valence-corrected chi connectivity index (χ4v) is 1.73. The van der Waals surface area contributed by atoms with Crippen LogP contribution in [0.2, 0.25) is 0 Å². The minimum absolute atomic E-state index is 0.0616. The number of nitrogens with zero attached hydrogens (tertiary/aromatic N) is 1. The lowest BCUT2D eigenvalue weighted by Crippen LogP contribution is -2.21. The van der Waals surface area contributed by atoms with Crippen LogP contribution in [0.1, 0.15) is 12.0 Å². The summed E-state index contributed by atoms with van der Waals surface area (Å²) in [6.07, 6.45) is 0.0616. The van der Waals surface area contributed by atoms with E-state index < -0.39 is 5.97 Å². The summed E-state index contributed by atoms with van der Waals surface area (Å²) in [6.45, 7) is 0.805. The Kier molecular flexibility index (Phi) is 4.89. The Bertz CT molecular complexity index is 384. The number of hydrogen-bond acceptors (Lipinski definition) is 2. The van der Waals surface area contributed by atoms with Crippen molar-refractivity contribution in [3.63, 3.8) is 0 Å². The molecule has 0 aromatic heterocycles. The summed E-state index contributed by atoms with van der Waals surface area (Å²) >= 11 is 3.11. The summed E-state index contributed by atoms with van der Waals surface area (Å²) in [6, 6.07) is 5.08. The van der Waals surface area contributed by atoms with Crippen LogP contribution < -0.4 is 0 Å². The molecule has 1 aromatic rings. The van der Waals surface area contributed by atoms with Crippen molar-refractivity contribution in [3.8, 4) is 0 Å². The van der Waals surface area contributed by atoms with E-state index in [1.807, 2.05) is 0 Å². The Balaban J connectivity index is 2.59. The molecule has 0 saturated carbocycles. The first-order valence-corrected chi connectivity index (χ1v) is 5.63. The van der Waals surface area contributed by atoms with Gasteiger partial charge in [0.25, 0.3) is 0 Å². The summed E-state index contributed by atoms with van der Waals surface area (Å²) in [5.41, 5.74) is 0.558. The molecule has 0 radical (unpaired) electrons. The molecule has 0 heterocycles. The molecule has 0 saturated heterocycles. The molecule has 0 aliphatic carbocycles. The van der Waals surface area contributed by atoms with Crippen molar-refractivity contribution in [1.29, 1.82) is 0 Å². The molecule has 0 unspecified atom stereocenters. The molecule has 0 fully saturated rings. The van der Waals surface area contributed by atoms with Gasteiger partial charge in [0.1, 0.15) is 5.82 Å². The second-order valence-corrected chi connectivity index (χ2v) is 4.45. The van der Waals surface area contributed by atoms with Crippen LogP contribution in [-0.4, -0.2) is 29.6 Å². The van der Waals surface area contributed by atoms with Gasteiger partial charge in [0.2, 0.25) is 0 Å². The lowest BCUT2D eigenvalue weighted by molar-refractivity contribution is -0.137. The van der Waals surface area contributed by atoms with E-state index in [0.29, 0.717) is 23.1 Å². The number of hydrogen-bond donors (Lipinski definition) is 1. The van der Waals surface area contributed by atoms with Crippen LogP contribution in [0.4, 0.5) is 4.39 Å². The lowest BCUT2D eigenvalue weighted by atomic mass is 10.2. The molecular formula is C11H13BrFNO2. The van der Waals surface area contributed by atoms with Gasteiger partial charge in [-0.05, 0) is 29.0 Å². The number of benzene rings is 1. The molecule has 0 amide bonds. The van der Waals surface area contributed by atoms with Gasteiger partial charge < -0.3 is 10.0 Å². The fraction of sp³-hybridized carbons (Fsp3) is 0.364. The number of rotatable bonds is 5. The molecule has 0 atom stereocenters. The summed E-state index contributed by atoms with van der Waals surface area (Å²) in [5, 5.41) is 8.52. The molecule has 1 aromatic carbocycles. The predicted molar refractivity (Wildman–Crippen MR) is 62.7 cm³/mol. The van der Waals surface area contributed by atoms with Gasteiger partial charge in [0, 0.05) is 18.7 Å². The standard InChI is InChI=1S/C11H13BrFNO2/c1-14(6-5-10(15)16)7-8-3-2-4-9(12)11(8)13/h2-4H,5-7H2,1H3,(H,15,16). The molecule has 88 valence electrons.